The van der Waals surface area contributed by atoms with E-state index < -0.39 is 0 Å². The molecule has 0 radical (unpaired) electrons. The first-order valence-electron chi connectivity index (χ1n) is 12.4. The Bertz CT molecular complexity index is 1340. The van der Waals surface area contributed by atoms with Crippen LogP contribution in [0.1, 0.15) is 40.0 Å². The Labute approximate surface area is 214 Å². The van der Waals surface area contributed by atoms with E-state index in [9.17, 15) is 4.79 Å². The van der Waals surface area contributed by atoms with Crippen molar-refractivity contribution in [3.05, 3.63) is 42.9 Å². The fourth-order valence-corrected chi connectivity index (χ4v) is 5.55. The van der Waals surface area contributed by atoms with Crippen molar-refractivity contribution in [3.8, 4) is 22.6 Å². The minimum atomic E-state index is -0.286. The van der Waals surface area contributed by atoms with Crippen LogP contribution in [0.4, 0.5) is 15.9 Å². The molecule has 0 bridgehead atoms. The monoisotopic (exact) mass is 502 g/mol. The zero-order chi connectivity index (χ0) is 25.1. The molecule has 1 fully saturated rings. The maximum atomic E-state index is 12.1. The highest BCUT2D eigenvalue weighted by Crippen LogP contribution is 2.36. The van der Waals surface area contributed by atoms with Crippen molar-refractivity contribution in [2.24, 2.45) is 5.92 Å². The Morgan fingerprint density at radius 3 is 2.69 bits per heavy atom. The SMILES string of the molecule is CCNC(=O)Nc1nc2cc(-c3cnc(N4CCC(C)CC4CC)nc3)nc(-c3ccccn3)c2s1. The van der Waals surface area contributed by atoms with E-state index in [1.807, 2.05) is 43.6 Å². The number of fused-ring (bicyclic) bond motifs is 1. The van der Waals surface area contributed by atoms with E-state index >= 15 is 0 Å². The summed E-state index contributed by atoms with van der Waals surface area (Å²) >= 11 is 1.38. The van der Waals surface area contributed by atoms with E-state index in [0.29, 0.717) is 29.1 Å². The number of urea groups is 1. The van der Waals surface area contributed by atoms with Gasteiger partial charge in [0.1, 0.15) is 5.69 Å². The number of hydrogen-bond donors (Lipinski definition) is 2. The van der Waals surface area contributed by atoms with Gasteiger partial charge in [-0.2, -0.15) is 0 Å². The first kappa shape index (κ1) is 24.1. The summed E-state index contributed by atoms with van der Waals surface area (Å²) in [5, 5.41) is 6.04. The van der Waals surface area contributed by atoms with Crippen molar-refractivity contribution in [2.75, 3.05) is 23.3 Å². The summed E-state index contributed by atoms with van der Waals surface area (Å²) < 4.78 is 0.856. The van der Waals surface area contributed by atoms with Gasteiger partial charge in [0.2, 0.25) is 5.95 Å². The highest BCUT2D eigenvalue weighted by Gasteiger charge is 2.27. The van der Waals surface area contributed by atoms with Gasteiger partial charge in [-0.3, -0.25) is 10.3 Å². The van der Waals surface area contributed by atoms with Crippen molar-refractivity contribution in [3.63, 3.8) is 0 Å². The van der Waals surface area contributed by atoms with Gasteiger partial charge in [0.25, 0.3) is 0 Å². The molecule has 5 heterocycles. The highest BCUT2D eigenvalue weighted by atomic mass is 32.1. The van der Waals surface area contributed by atoms with Gasteiger partial charge in [-0.15, -0.1) is 0 Å². The largest absolute Gasteiger partial charge is 0.338 e. The number of rotatable bonds is 6. The van der Waals surface area contributed by atoms with Crippen LogP contribution in [0.2, 0.25) is 0 Å². The van der Waals surface area contributed by atoms with Gasteiger partial charge >= 0.3 is 6.03 Å². The van der Waals surface area contributed by atoms with Crippen molar-refractivity contribution < 1.29 is 4.79 Å². The molecule has 2 unspecified atom stereocenters. The smallest absolute Gasteiger partial charge is 0.321 e. The maximum absolute atomic E-state index is 12.1. The summed E-state index contributed by atoms with van der Waals surface area (Å²) in [6, 6.07) is 7.82. The lowest BCUT2D eigenvalue weighted by atomic mass is 9.91. The molecular weight excluding hydrogens is 472 g/mol. The highest BCUT2D eigenvalue weighted by molar-refractivity contribution is 7.22. The molecule has 0 aliphatic carbocycles. The summed E-state index contributed by atoms with van der Waals surface area (Å²) in [5.41, 5.74) is 3.71. The summed E-state index contributed by atoms with van der Waals surface area (Å²) in [5.74, 6) is 1.50. The Balaban J connectivity index is 1.51. The van der Waals surface area contributed by atoms with Gasteiger partial charge in [-0.25, -0.2) is 24.7 Å². The van der Waals surface area contributed by atoms with Crippen LogP contribution in [0.25, 0.3) is 32.9 Å². The molecule has 2 N–H and O–H groups in total. The number of carbonyl (C=O) groups excluding carboxylic acids is 1. The lowest BCUT2D eigenvalue weighted by Gasteiger charge is -2.38. The van der Waals surface area contributed by atoms with Crippen LogP contribution in [0, 0.1) is 5.92 Å². The maximum Gasteiger partial charge on any atom is 0.321 e. The van der Waals surface area contributed by atoms with E-state index in [2.05, 4.69) is 39.3 Å². The number of carbonyl (C=O) groups is 1. The van der Waals surface area contributed by atoms with Gasteiger partial charge < -0.3 is 10.2 Å². The molecule has 2 atom stereocenters. The number of amides is 2. The molecule has 2 amide bonds. The normalized spacial score (nSPS) is 17.8. The number of anilines is 2. The predicted molar refractivity (Wildman–Crippen MR) is 144 cm³/mol. The molecule has 4 aromatic heterocycles. The molecule has 5 rings (SSSR count). The molecule has 1 saturated heterocycles. The molecule has 9 nitrogen and oxygen atoms in total. The molecule has 186 valence electrons. The zero-order valence-corrected chi connectivity index (χ0v) is 21.5. The van der Waals surface area contributed by atoms with Crippen molar-refractivity contribution in [2.45, 2.75) is 46.1 Å². The lowest BCUT2D eigenvalue weighted by Crippen LogP contribution is -2.42. The van der Waals surface area contributed by atoms with Crippen LogP contribution in [0.3, 0.4) is 0 Å². The van der Waals surface area contributed by atoms with E-state index in [4.69, 9.17) is 15.0 Å². The average molecular weight is 503 g/mol. The molecule has 36 heavy (non-hydrogen) atoms. The van der Waals surface area contributed by atoms with Crippen molar-refractivity contribution >= 4 is 38.7 Å². The third kappa shape index (κ3) is 4.99. The van der Waals surface area contributed by atoms with Gasteiger partial charge in [-0.1, -0.05) is 31.3 Å². The van der Waals surface area contributed by atoms with Gasteiger partial charge in [0.15, 0.2) is 5.13 Å². The van der Waals surface area contributed by atoms with Crippen molar-refractivity contribution in [1.29, 1.82) is 0 Å². The molecule has 0 spiro atoms. The minimum absolute atomic E-state index is 0.286. The van der Waals surface area contributed by atoms with Crippen molar-refractivity contribution in [1.82, 2.24) is 30.2 Å². The topological polar surface area (TPSA) is 109 Å². The Hall–Kier alpha value is -3.66. The fourth-order valence-electron chi connectivity index (χ4n) is 4.62. The minimum Gasteiger partial charge on any atom is -0.338 e. The average Bonchev–Trinajstić information content (AvgIpc) is 3.31. The number of aromatic nitrogens is 5. The standard InChI is InChI=1S/C26H30N8OS/c1-4-18-12-16(3)9-11-34(18)24-29-14-17(15-30-24)20-13-21-23(22(31-20)19-8-6-7-10-28-19)36-26(32-21)33-25(35)27-5-2/h6-8,10,13-16,18H,4-5,9,11-12H2,1-3H3,(H2,27,32,33,35). The number of nitrogens with zero attached hydrogens (tertiary/aromatic N) is 6. The quantitative estimate of drug-likeness (QED) is 0.365. The molecule has 0 saturated carbocycles. The first-order chi connectivity index (χ1) is 17.6. The van der Waals surface area contributed by atoms with Crippen LogP contribution in [0.5, 0.6) is 0 Å². The second kappa shape index (κ2) is 10.5. The summed E-state index contributed by atoms with van der Waals surface area (Å²) in [7, 11) is 0. The van der Waals surface area contributed by atoms with E-state index in [1.165, 1.54) is 17.8 Å². The number of pyridine rings is 2. The second-order valence-corrected chi connectivity index (χ2v) is 10.1. The van der Waals surface area contributed by atoms with Crippen LogP contribution >= 0.6 is 11.3 Å². The second-order valence-electron chi connectivity index (χ2n) is 9.08. The van der Waals surface area contributed by atoms with Crippen LogP contribution in [-0.4, -0.2) is 50.1 Å². The fraction of sp³-hybridized carbons (Fsp3) is 0.385. The number of thiazole rings is 1. The van der Waals surface area contributed by atoms with E-state index in [-0.39, 0.29) is 6.03 Å². The molecule has 1 aliphatic rings. The predicted octanol–water partition coefficient (Wildman–Crippen LogP) is 5.37. The summed E-state index contributed by atoms with van der Waals surface area (Å²) in [6.07, 6.45) is 8.82. The number of piperidine rings is 1. The zero-order valence-electron chi connectivity index (χ0n) is 20.7. The molecule has 4 aromatic rings. The Kier molecular flexibility index (Phi) is 7.04. The first-order valence-corrected chi connectivity index (χ1v) is 13.2. The van der Waals surface area contributed by atoms with Crippen LogP contribution in [0.15, 0.2) is 42.9 Å². The molecule has 1 aliphatic heterocycles. The number of hydrogen-bond acceptors (Lipinski definition) is 8. The Morgan fingerprint density at radius 1 is 1.14 bits per heavy atom. The summed E-state index contributed by atoms with van der Waals surface area (Å²) in [6.45, 7) is 7.93. The number of nitrogens with one attached hydrogen (secondary N) is 2. The van der Waals surface area contributed by atoms with Gasteiger partial charge in [0, 0.05) is 43.3 Å². The third-order valence-corrected chi connectivity index (χ3v) is 7.47. The molecule has 0 aromatic carbocycles. The summed E-state index contributed by atoms with van der Waals surface area (Å²) in [4.78, 5) is 37.9. The van der Waals surface area contributed by atoms with Gasteiger partial charge in [0.05, 0.1) is 21.6 Å². The van der Waals surface area contributed by atoms with Crippen LogP contribution < -0.4 is 15.5 Å². The van der Waals surface area contributed by atoms with E-state index in [0.717, 1.165) is 52.7 Å². The molecular formula is C26H30N8OS. The van der Waals surface area contributed by atoms with Crippen LogP contribution in [-0.2, 0) is 0 Å². The Morgan fingerprint density at radius 2 is 1.97 bits per heavy atom. The lowest BCUT2D eigenvalue weighted by molar-refractivity contribution is 0.252. The third-order valence-electron chi connectivity index (χ3n) is 6.48. The van der Waals surface area contributed by atoms with E-state index in [1.54, 1.807) is 6.20 Å². The van der Waals surface area contributed by atoms with Gasteiger partial charge in [-0.05, 0) is 50.3 Å². The molecule has 10 heteroatoms.